The number of aliphatic hydroxyl groups is 1. The third-order valence-corrected chi connectivity index (χ3v) is 11.9. The summed E-state index contributed by atoms with van der Waals surface area (Å²) < 4.78 is 17.2. The van der Waals surface area contributed by atoms with Crippen LogP contribution in [0.3, 0.4) is 0 Å². The molecule has 8 nitrogen and oxygen atoms in total. The normalized spacial score (nSPS) is 23.6. The van der Waals surface area contributed by atoms with E-state index < -0.39 is 50.6 Å². The molecule has 2 aliphatic heterocycles. The second-order valence-corrected chi connectivity index (χ2v) is 15.6. The molecule has 3 rings (SSSR count). The van der Waals surface area contributed by atoms with E-state index in [1.54, 1.807) is 0 Å². The number of β-lactam (4-membered cyclic amide) rings is 1. The predicted molar refractivity (Wildman–Crippen MR) is 133 cm³/mol. The molecule has 5 atom stereocenters. The Morgan fingerprint density at radius 1 is 1.31 bits per heavy atom. The SMILES string of the molecule is C=CCOC(=O)C(O)N1C(=O)[C@H]([C@@H](C)O[Si](C)(C)C(C)(C)C)[C@H]1CC(=O)[C@H]1Cc2ccccc2O1. The van der Waals surface area contributed by atoms with Crippen molar-refractivity contribution in [1.29, 1.82) is 0 Å². The molecule has 1 aromatic carbocycles. The van der Waals surface area contributed by atoms with E-state index in [-0.39, 0.29) is 23.8 Å². The first-order valence-electron chi connectivity index (χ1n) is 12.0. The molecular formula is C26H37NO7Si. The minimum absolute atomic E-state index is 0.0634. The molecule has 2 aliphatic rings. The van der Waals surface area contributed by atoms with Crippen LogP contribution in [0.25, 0.3) is 0 Å². The van der Waals surface area contributed by atoms with Crippen molar-refractivity contribution in [3.63, 3.8) is 0 Å². The van der Waals surface area contributed by atoms with Gasteiger partial charge in [-0.2, -0.15) is 0 Å². The van der Waals surface area contributed by atoms with Crippen LogP contribution in [-0.2, 0) is 30.0 Å². The molecular weight excluding hydrogens is 466 g/mol. The summed E-state index contributed by atoms with van der Waals surface area (Å²) >= 11 is 0. The number of hydrogen-bond acceptors (Lipinski definition) is 7. The Bertz CT molecular complexity index is 961. The van der Waals surface area contributed by atoms with Crippen molar-refractivity contribution < 1.29 is 33.4 Å². The number of hydrogen-bond donors (Lipinski definition) is 1. The smallest absolute Gasteiger partial charge is 0.356 e. The van der Waals surface area contributed by atoms with Gasteiger partial charge in [-0.1, -0.05) is 51.6 Å². The monoisotopic (exact) mass is 503 g/mol. The molecule has 1 N–H and O–H groups in total. The topological polar surface area (TPSA) is 102 Å². The van der Waals surface area contributed by atoms with Gasteiger partial charge in [0.05, 0.1) is 18.1 Å². The summed E-state index contributed by atoms with van der Waals surface area (Å²) in [6, 6.07) is 6.76. The summed E-state index contributed by atoms with van der Waals surface area (Å²) in [5.74, 6) is -1.59. The highest BCUT2D eigenvalue weighted by atomic mass is 28.4. The maximum absolute atomic E-state index is 13.2. The van der Waals surface area contributed by atoms with Crippen LogP contribution in [0.2, 0.25) is 18.1 Å². The molecule has 0 bridgehead atoms. The molecule has 1 fully saturated rings. The molecule has 0 radical (unpaired) electrons. The van der Waals surface area contributed by atoms with Gasteiger partial charge in [0.25, 0.3) is 0 Å². The van der Waals surface area contributed by atoms with Crippen LogP contribution < -0.4 is 4.74 Å². The van der Waals surface area contributed by atoms with E-state index in [2.05, 4.69) is 40.4 Å². The molecule has 1 amide bonds. The van der Waals surface area contributed by atoms with E-state index in [1.165, 1.54) is 6.08 Å². The van der Waals surface area contributed by atoms with Gasteiger partial charge in [-0.15, -0.1) is 0 Å². The molecule has 1 saturated heterocycles. The van der Waals surface area contributed by atoms with Crippen LogP contribution >= 0.6 is 0 Å². The summed E-state index contributed by atoms with van der Waals surface area (Å²) in [7, 11) is -2.22. The Morgan fingerprint density at radius 3 is 2.57 bits per heavy atom. The summed E-state index contributed by atoms with van der Waals surface area (Å²) in [6.45, 7) is 15.7. The standard InChI is InChI=1S/C26H37NO7Si/c1-8-13-32-25(31)24(30)27-18(15-19(28)21-14-17-11-9-10-12-20(17)33-21)22(23(27)29)16(2)34-35(6,7)26(3,4)5/h8-12,16,18,21-22,24,30H,1,13-15H2,2-7H3/t16-,18-,21-,22-,24?/m1/s1. The molecule has 1 unspecified atom stereocenters. The average Bonchev–Trinajstić information content (AvgIpc) is 3.20. The molecule has 0 spiro atoms. The van der Waals surface area contributed by atoms with E-state index >= 15 is 0 Å². The molecule has 1 aromatic rings. The van der Waals surface area contributed by atoms with E-state index in [0.717, 1.165) is 10.5 Å². The van der Waals surface area contributed by atoms with Crippen molar-refractivity contribution in [2.45, 2.75) is 83.1 Å². The number of nitrogens with zero attached hydrogens (tertiary/aromatic N) is 1. The van der Waals surface area contributed by atoms with E-state index in [1.807, 2.05) is 31.2 Å². The van der Waals surface area contributed by atoms with Crippen molar-refractivity contribution in [1.82, 2.24) is 4.90 Å². The zero-order valence-electron chi connectivity index (χ0n) is 21.4. The lowest BCUT2D eigenvalue weighted by atomic mass is 9.79. The number of ketones is 1. The third-order valence-electron chi connectivity index (χ3n) is 7.34. The molecule has 0 aromatic heterocycles. The number of para-hydroxylation sites is 1. The fourth-order valence-electron chi connectivity index (χ4n) is 4.38. The fourth-order valence-corrected chi connectivity index (χ4v) is 5.80. The highest BCUT2D eigenvalue weighted by Gasteiger charge is 2.56. The van der Waals surface area contributed by atoms with Gasteiger partial charge in [-0.3, -0.25) is 9.59 Å². The first-order chi connectivity index (χ1) is 16.3. The first-order valence-corrected chi connectivity index (χ1v) is 14.9. The van der Waals surface area contributed by atoms with Gasteiger partial charge in [0.15, 0.2) is 20.2 Å². The van der Waals surface area contributed by atoms with Crippen LogP contribution in [0.15, 0.2) is 36.9 Å². The Hall–Kier alpha value is -2.49. The Morgan fingerprint density at radius 2 is 1.97 bits per heavy atom. The molecule has 2 heterocycles. The minimum atomic E-state index is -2.22. The van der Waals surface area contributed by atoms with Crippen molar-refractivity contribution in [2.75, 3.05) is 6.61 Å². The lowest BCUT2D eigenvalue weighted by Crippen LogP contribution is -2.70. The Balaban J connectivity index is 1.79. The number of ether oxygens (including phenoxy) is 2. The summed E-state index contributed by atoms with van der Waals surface area (Å²) in [5.41, 5.74) is 0.951. The van der Waals surface area contributed by atoms with Gasteiger partial charge < -0.3 is 23.9 Å². The molecule has 0 saturated carbocycles. The van der Waals surface area contributed by atoms with Crippen molar-refractivity contribution in [2.24, 2.45) is 5.92 Å². The molecule has 192 valence electrons. The Kier molecular flexibility index (Phi) is 7.93. The zero-order valence-corrected chi connectivity index (χ0v) is 22.4. The Labute approximate surface area is 208 Å². The third kappa shape index (κ3) is 5.52. The number of Topliss-reactive ketones (excluding diaryl/α,β-unsaturated/α-hetero) is 1. The maximum atomic E-state index is 13.2. The highest BCUT2D eigenvalue weighted by molar-refractivity contribution is 6.74. The lowest BCUT2D eigenvalue weighted by Gasteiger charge is -2.52. The summed E-state index contributed by atoms with van der Waals surface area (Å²) in [4.78, 5) is 39.8. The van der Waals surface area contributed by atoms with Crippen LogP contribution in [0, 0.1) is 5.92 Å². The second kappa shape index (κ2) is 10.2. The zero-order chi connectivity index (χ0) is 26.1. The van der Waals surface area contributed by atoms with Gasteiger partial charge in [0, 0.05) is 12.8 Å². The molecule has 0 aliphatic carbocycles. The average molecular weight is 504 g/mol. The number of aliphatic hydroxyl groups excluding tert-OH is 1. The number of esters is 1. The molecule has 35 heavy (non-hydrogen) atoms. The second-order valence-electron chi connectivity index (χ2n) is 10.8. The van der Waals surface area contributed by atoms with Crippen LogP contribution in [0.5, 0.6) is 5.75 Å². The van der Waals surface area contributed by atoms with Crippen molar-refractivity contribution in [3.05, 3.63) is 42.5 Å². The number of amides is 1. The number of carbonyl (C=O) groups is 3. The van der Waals surface area contributed by atoms with Crippen molar-refractivity contribution >= 4 is 26.0 Å². The largest absolute Gasteiger partial charge is 0.482 e. The maximum Gasteiger partial charge on any atom is 0.356 e. The quantitative estimate of drug-likeness (QED) is 0.226. The number of carbonyl (C=O) groups excluding carboxylic acids is 3. The van der Waals surface area contributed by atoms with Crippen LogP contribution in [0.1, 0.15) is 39.7 Å². The van der Waals surface area contributed by atoms with Gasteiger partial charge >= 0.3 is 5.97 Å². The number of benzene rings is 1. The van der Waals surface area contributed by atoms with E-state index in [4.69, 9.17) is 13.9 Å². The molecule has 9 heteroatoms. The van der Waals surface area contributed by atoms with Gasteiger partial charge in [-0.05, 0) is 36.7 Å². The number of likely N-dealkylation sites (tertiary alicyclic amines) is 1. The van der Waals surface area contributed by atoms with Gasteiger partial charge in [0.2, 0.25) is 12.1 Å². The minimum Gasteiger partial charge on any atom is -0.482 e. The van der Waals surface area contributed by atoms with Crippen LogP contribution in [0.4, 0.5) is 0 Å². The van der Waals surface area contributed by atoms with Crippen molar-refractivity contribution in [3.8, 4) is 5.75 Å². The summed E-state index contributed by atoms with van der Waals surface area (Å²) in [5, 5.41) is 10.5. The highest BCUT2D eigenvalue weighted by Crippen LogP contribution is 2.42. The van der Waals surface area contributed by atoms with Gasteiger partial charge in [-0.25, -0.2) is 4.79 Å². The van der Waals surface area contributed by atoms with Crippen LogP contribution in [-0.4, -0.2) is 67.1 Å². The first kappa shape index (κ1) is 27.1. The van der Waals surface area contributed by atoms with E-state index in [0.29, 0.717) is 12.2 Å². The lowest BCUT2D eigenvalue weighted by molar-refractivity contribution is -0.197. The van der Waals surface area contributed by atoms with Gasteiger partial charge in [0.1, 0.15) is 12.4 Å². The number of rotatable bonds is 10. The van der Waals surface area contributed by atoms with E-state index in [9.17, 15) is 19.5 Å². The number of fused-ring (bicyclic) bond motifs is 1. The fraction of sp³-hybridized carbons (Fsp3) is 0.577. The predicted octanol–water partition coefficient (Wildman–Crippen LogP) is 3.23. The summed E-state index contributed by atoms with van der Waals surface area (Å²) in [6.07, 6.45) is -1.22.